The van der Waals surface area contributed by atoms with Crippen LogP contribution in [0.1, 0.15) is 28.6 Å². The molecule has 0 radical (unpaired) electrons. The SMILES string of the molecule is CC1CC1C(=O)Nc1cccc(C(=O)Nc2cc(-c3cccc(Cl)c3)sc2C#N)c1. The Morgan fingerprint density at radius 3 is 2.60 bits per heavy atom. The second-order valence-electron chi connectivity index (χ2n) is 7.32. The van der Waals surface area contributed by atoms with E-state index in [2.05, 4.69) is 16.7 Å². The van der Waals surface area contributed by atoms with E-state index in [1.165, 1.54) is 11.3 Å². The van der Waals surface area contributed by atoms with Crippen molar-refractivity contribution >= 4 is 46.1 Å². The van der Waals surface area contributed by atoms with Crippen LogP contribution >= 0.6 is 22.9 Å². The summed E-state index contributed by atoms with van der Waals surface area (Å²) in [7, 11) is 0. The van der Waals surface area contributed by atoms with Crippen molar-refractivity contribution in [1.82, 2.24) is 0 Å². The summed E-state index contributed by atoms with van der Waals surface area (Å²) in [6.45, 7) is 2.04. The number of carbonyl (C=O) groups is 2. The highest BCUT2D eigenvalue weighted by Gasteiger charge is 2.39. The Morgan fingerprint density at radius 2 is 1.90 bits per heavy atom. The number of rotatable bonds is 5. The number of nitrogens with one attached hydrogen (secondary N) is 2. The van der Waals surface area contributed by atoms with Crippen molar-refractivity contribution in [2.45, 2.75) is 13.3 Å². The van der Waals surface area contributed by atoms with Gasteiger partial charge in [0.05, 0.1) is 5.69 Å². The third-order valence-corrected chi connectivity index (χ3v) is 6.35. The summed E-state index contributed by atoms with van der Waals surface area (Å²) in [4.78, 5) is 26.2. The minimum atomic E-state index is -0.349. The predicted octanol–water partition coefficient (Wildman–Crippen LogP) is 5.79. The average molecular weight is 436 g/mol. The molecule has 1 heterocycles. The lowest BCUT2D eigenvalue weighted by molar-refractivity contribution is -0.117. The number of hydrogen-bond acceptors (Lipinski definition) is 4. The molecule has 7 heteroatoms. The number of benzene rings is 2. The molecule has 0 bridgehead atoms. The minimum absolute atomic E-state index is 0.0178. The van der Waals surface area contributed by atoms with Crippen LogP contribution in [0.25, 0.3) is 10.4 Å². The van der Waals surface area contributed by atoms with E-state index in [4.69, 9.17) is 11.6 Å². The topological polar surface area (TPSA) is 82.0 Å². The molecule has 0 saturated heterocycles. The molecule has 0 aliphatic heterocycles. The molecule has 30 heavy (non-hydrogen) atoms. The van der Waals surface area contributed by atoms with E-state index in [1.807, 2.05) is 25.1 Å². The first kappa shape index (κ1) is 20.1. The van der Waals surface area contributed by atoms with Crippen molar-refractivity contribution in [2.24, 2.45) is 11.8 Å². The van der Waals surface area contributed by atoms with Crippen LogP contribution in [0.3, 0.4) is 0 Å². The first-order valence-electron chi connectivity index (χ1n) is 9.47. The standard InChI is InChI=1S/C23H18ClN3O2S/c1-13-8-18(13)23(29)26-17-7-3-5-15(10-17)22(28)27-19-11-20(30-21(19)12-25)14-4-2-6-16(24)9-14/h2-7,9-11,13,18H,8H2,1H3,(H,26,29)(H,27,28). The van der Waals surface area contributed by atoms with Gasteiger partial charge in [-0.3, -0.25) is 9.59 Å². The summed E-state index contributed by atoms with van der Waals surface area (Å²) in [6, 6.07) is 18.0. The number of nitrogens with zero attached hydrogens (tertiary/aromatic N) is 1. The minimum Gasteiger partial charge on any atom is -0.326 e. The highest BCUT2D eigenvalue weighted by Crippen LogP contribution is 2.38. The van der Waals surface area contributed by atoms with Gasteiger partial charge in [-0.15, -0.1) is 11.3 Å². The molecule has 2 amide bonds. The molecule has 2 aromatic carbocycles. The second kappa shape index (κ2) is 8.31. The van der Waals surface area contributed by atoms with Gasteiger partial charge in [0.15, 0.2) is 0 Å². The van der Waals surface area contributed by atoms with E-state index in [1.54, 1.807) is 36.4 Å². The quantitative estimate of drug-likeness (QED) is 0.532. The Hall–Kier alpha value is -3.14. The third-order valence-electron chi connectivity index (χ3n) is 5.03. The summed E-state index contributed by atoms with van der Waals surface area (Å²) in [5.41, 5.74) is 2.31. The molecule has 1 aliphatic rings. The maximum atomic E-state index is 12.8. The van der Waals surface area contributed by atoms with Gasteiger partial charge in [-0.05, 0) is 54.3 Å². The molecule has 2 N–H and O–H groups in total. The van der Waals surface area contributed by atoms with Gasteiger partial charge >= 0.3 is 0 Å². The van der Waals surface area contributed by atoms with Gasteiger partial charge in [-0.2, -0.15) is 5.26 Å². The van der Waals surface area contributed by atoms with Crippen LogP contribution in [-0.4, -0.2) is 11.8 Å². The smallest absolute Gasteiger partial charge is 0.255 e. The van der Waals surface area contributed by atoms with Gasteiger partial charge in [-0.1, -0.05) is 36.7 Å². The zero-order chi connectivity index (χ0) is 21.3. The second-order valence-corrected chi connectivity index (χ2v) is 8.81. The van der Waals surface area contributed by atoms with E-state index in [0.717, 1.165) is 16.9 Å². The summed E-state index contributed by atoms with van der Waals surface area (Å²) < 4.78 is 0. The molecule has 1 aromatic heterocycles. The number of thiophene rings is 1. The van der Waals surface area contributed by atoms with E-state index in [9.17, 15) is 14.9 Å². The van der Waals surface area contributed by atoms with Gasteiger partial charge in [0.2, 0.25) is 5.91 Å². The Labute approximate surface area is 183 Å². The van der Waals surface area contributed by atoms with Crippen molar-refractivity contribution in [1.29, 1.82) is 5.26 Å². The van der Waals surface area contributed by atoms with Gasteiger partial charge < -0.3 is 10.6 Å². The summed E-state index contributed by atoms with van der Waals surface area (Å²) in [6.07, 6.45) is 0.899. The predicted molar refractivity (Wildman–Crippen MR) is 120 cm³/mol. The molecule has 2 unspecified atom stereocenters. The van der Waals surface area contributed by atoms with Gasteiger partial charge in [0, 0.05) is 27.1 Å². The number of halogens is 1. The molecule has 150 valence electrons. The maximum Gasteiger partial charge on any atom is 0.255 e. The zero-order valence-electron chi connectivity index (χ0n) is 16.1. The Balaban J connectivity index is 1.52. The van der Waals surface area contributed by atoms with Gasteiger partial charge in [-0.25, -0.2) is 0 Å². The van der Waals surface area contributed by atoms with E-state index >= 15 is 0 Å². The average Bonchev–Trinajstić information content (AvgIpc) is 3.33. The normalized spacial score (nSPS) is 17.1. The van der Waals surface area contributed by atoms with Crippen LogP contribution in [0, 0.1) is 23.2 Å². The monoisotopic (exact) mass is 435 g/mol. The molecular formula is C23H18ClN3O2S. The highest BCUT2D eigenvalue weighted by atomic mass is 35.5. The van der Waals surface area contributed by atoms with Crippen molar-refractivity contribution in [3.63, 3.8) is 0 Å². The van der Waals surface area contributed by atoms with Crippen molar-refractivity contribution < 1.29 is 9.59 Å². The Morgan fingerprint density at radius 1 is 1.13 bits per heavy atom. The molecule has 1 aliphatic carbocycles. The molecular weight excluding hydrogens is 418 g/mol. The van der Waals surface area contributed by atoms with E-state index in [-0.39, 0.29) is 17.7 Å². The van der Waals surface area contributed by atoms with Crippen LogP contribution in [0.4, 0.5) is 11.4 Å². The Kier molecular flexibility index (Phi) is 5.58. The van der Waals surface area contributed by atoms with Crippen LogP contribution in [0.15, 0.2) is 54.6 Å². The molecule has 0 spiro atoms. The molecule has 1 fully saturated rings. The first-order valence-corrected chi connectivity index (χ1v) is 10.7. The molecule has 3 aromatic rings. The molecule has 4 rings (SSSR count). The van der Waals surface area contributed by atoms with Crippen LogP contribution < -0.4 is 10.6 Å². The van der Waals surface area contributed by atoms with Gasteiger partial charge in [0.25, 0.3) is 5.91 Å². The summed E-state index contributed by atoms with van der Waals surface area (Å²) >= 11 is 7.35. The molecule has 2 atom stereocenters. The summed E-state index contributed by atoms with van der Waals surface area (Å²) in [5, 5.41) is 15.7. The number of amides is 2. The number of carbonyl (C=O) groups excluding carboxylic acids is 2. The van der Waals surface area contributed by atoms with E-state index < -0.39 is 0 Å². The molecule has 5 nitrogen and oxygen atoms in total. The van der Waals surface area contributed by atoms with Crippen molar-refractivity contribution in [3.05, 3.63) is 70.1 Å². The number of nitriles is 1. The zero-order valence-corrected chi connectivity index (χ0v) is 17.7. The fraction of sp³-hybridized carbons (Fsp3) is 0.174. The Bertz CT molecular complexity index is 1180. The maximum absolute atomic E-state index is 12.8. The molecule has 1 saturated carbocycles. The van der Waals surface area contributed by atoms with Crippen molar-refractivity contribution in [2.75, 3.05) is 10.6 Å². The van der Waals surface area contributed by atoms with Gasteiger partial charge in [0.1, 0.15) is 10.9 Å². The lowest BCUT2D eigenvalue weighted by atomic mass is 10.1. The van der Waals surface area contributed by atoms with Crippen molar-refractivity contribution in [3.8, 4) is 16.5 Å². The number of hydrogen-bond donors (Lipinski definition) is 2. The lowest BCUT2D eigenvalue weighted by Gasteiger charge is -2.08. The largest absolute Gasteiger partial charge is 0.326 e. The van der Waals surface area contributed by atoms with E-state index in [0.29, 0.717) is 32.8 Å². The number of anilines is 2. The lowest BCUT2D eigenvalue weighted by Crippen LogP contribution is -2.16. The third kappa shape index (κ3) is 4.38. The van der Waals surface area contributed by atoms with Crippen LogP contribution in [0.2, 0.25) is 5.02 Å². The van der Waals surface area contributed by atoms with Crippen LogP contribution in [-0.2, 0) is 4.79 Å². The highest BCUT2D eigenvalue weighted by molar-refractivity contribution is 7.16. The van der Waals surface area contributed by atoms with Crippen LogP contribution in [0.5, 0.6) is 0 Å². The fourth-order valence-corrected chi connectivity index (χ4v) is 4.30. The first-order chi connectivity index (χ1) is 14.4. The summed E-state index contributed by atoms with van der Waals surface area (Å²) in [5.74, 6) is 0.0956. The fourth-order valence-electron chi connectivity index (χ4n) is 3.21.